The van der Waals surface area contributed by atoms with Gasteiger partial charge in [-0.25, -0.2) is 0 Å². The Labute approximate surface area is 97.1 Å². The number of fused-ring (bicyclic) bond motifs is 1. The first-order chi connectivity index (χ1) is 7.63. The highest BCUT2D eigenvalue weighted by Crippen LogP contribution is 2.29. The van der Waals surface area contributed by atoms with Gasteiger partial charge in [0, 0.05) is 18.0 Å². The van der Waals surface area contributed by atoms with Gasteiger partial charge >= 0.3 is 0 Å². The van der Waals surface area contributed by atoms with E-state index in [1.165, 1.54) is 11.1 Å². The van der Waals surface area contributed by atoms with E-state index >= 15 is 0 Å². The molecule has 16 heavy (non-hydrogen) atoms. The Kier molecular flexibility index (Phi) is 2.99. The molecule has 0 aromatic heterocycles. The van der Waals surface area contributed by atoms with E-state index in [1.54, 1.807) is 0 Å². The third kappa shape index (κ3) is 1.84. The fourth-order valence-corrected chi connectivity index (χ4v) is 2.27. The quantitative estimate of drug-likeness (QED) is 0.810. The summed E-state index contributed by atoms with van der Waals surface area (Å²) in [5.41, 5.74) is 3.34. The lowest BCUT2D eigenvalue weighted by atomic mass is 9.86. The van der Waals surface area contributed by atoms with Crippen molar-refractivity contribution in [3.8, 4) is 0 Å². The van der Waals surface area contributed by atoms with Crippen LogP contribution in [0.15, 0.2) is 18.2 Å². The molecular formula is C14H19NO. The highest BCUT2D eigenvalue weighted by Gasteiger charge is 2.24. The molecule has 1 aliphatic heterocycles. The van der Waals surface area contributed by atoms with Crippen molar-refractivity contribution in [1.82, 2.24) is 5.32 Å². The Morgan fingerprint density at radius 3 is 2.81 bits per heavy atom. The Morgan fingerprint density at radius 2 is 2.19 bits per heavy atom. The van der Waals surface area contributed by atoms with Gasteiger partial charge in [0.1, 0.15) is 0 Å². The molecule has 1 atom stereocenters. The van der Waals surface area contributed by atoms with Gasteiger partial charge < -0.3 is 5.32 Å². The summed E-state index contributed by atoms with van der Waals surface area (Å²) in [5.74, 6) is 1.04. The third-order valence-electron chi connectivity index (χ3n) is 3.43. The molecule has 2 heteroatoms. The summed E-state index contributed by atoms with van der Waals surface area (Å²) in [5, 5.41) is 2.97. The van der Waals surface area contributed by atoms with Crippen molar-refractivity contribution in [3.63, 3.8) is 0 Å². The largest absolute Gasteiger partial charge is 0.351 e. The fraction of sp³-hybridized carbons (Fsp3) is 0.500. The lowest BCUT2D eigenvalue weighted by Crippen LogP contribution is -2.34. The van der Waals surface area contributed by atoms with Gasteiger partial charge in [-0.05, 0) is 29.5 Å². The highest BCUT2D eigenvalue weighted by molar-refractivity contribution is 5.97. The van der Waals surface area contributed by atoms with E-state index in [9.17, 15) is 4.79 Å². The van der Waals surface area contributed by atoms with Crippen molar-refractivity contribution in [2.24, 2.45) is 0 Å². The maximum atomic E-state index is 11.8. The summed E-state index contributed by atoms with van der Waals surface area (Å²) < 4.78 is 0. The summed E-state index contributed by atoms with van der Waals surface area (Å²) in [6, 6.07) is 6.35. The summed E-state index contributed by atoms with van der Waals surface area (Å²) in [4.78, 5) is 11.8. The molecule has 1 N–H and O–H groups in total. The summed E-state index contributed by atoms with van der Waals surface area (Å²) in [6.45, 7) is 7.26. The van der Waals surface area contributed by atoms with E-state index in [0.717, 1.165) is 18.5 Å². The maximum Gasteiger partial charge on any atom is 0.251 e. The lowest BCUT2D eigenvalue weighted by molar-refractivity contribution is 0.0939. The Morgan fingerprint density at radius 1 is 1.44 bits per heavy atom. The summed E-state index contributed by atoms with van der Waals surface area (Å²) >= 11 is 0. The van der Waals surface area contributed by atoms with E-state index < -0.39 is 0 Å². The molecular weight excluding hydrogens is 198 g/mol. The maximum absolute atomic E-state index is 11.8. The first-order valence-corrected chi connectivity index (χ1v) is 6.05. The van der Waals surface area contributed by atoms with E-state index in [1.807, 2.05) is 0 Å². The zero-order valence-electron chi connectivity index (χ0n) is 10.2. The third-order valence-corrected chi connectivity index (χ3v) is 3.43. The van der Waals surface area contributed by atoms with Crippen LogP contribution in [0.25, 0.3) is 0 Å². The number of benzene rings is 1. The van der Waals surface area contributed by atoms with Crippen molar-refractivity contribution in [1.29, 1.82) is 0 Å². The zero-order valence-corrected chi connectivity index (χ0v) is 10.2. The molecule has 0 spiro atoms. The molecule has 1 aliphatic rings. The molecule has 0 radical (unpaired) electrons. The van der Waals surface area contributed by atoms with Crippen molar-refractivity contribution in [3.05, 3.63) is 34.9 Å². The highest BCUT2D eigenvalue weighted by atomic mass is 16.1. The number of carbonyl (C=O) groups excluding carboxylic acids is 1. The minimum absolute atomic E-state index is 0.0854. The van der Waals surface area contributed by atoms with Crippen LogP contribution in [0.5, 0.6) is 0 Å². The van der Waals surface area contributed by atoms with Crippen molar-refractivity contribution >= 4 is 5.91 Å². The van der Waals surface area contributed by atoms with E-state index in [-0.39, 0.29) is 5.91 Å². The van der Waals surface area contributed by atoms with Crippen molar-refractivity contribution < 1.29 is 4.79 Å². The van der Waals surface area contributed by atoms with E-state index in [0.29, 0.717) is 11.8 Å². The average Bonchev–Trinajstić information content (AvgIpc) is 2.29. The molecule has 0 aliphatic carbocycles. The zero-order chi connectivity index (χ0) is 11.7. The van der Waals surface area contributed by atoms with Crippen LogP contribution in [0.3, 0.4) is 0 Å². The van der Waals surface area contributed by atoms with Crippen LogP contribution in [-0.4, -0.2) is 12.5 Å². The monoisotopic (exact) mass is 217 g/mol. The van der Waals surface area contributed by atoms with Gasteiger partial charge in [0.05, 0.1) is 0 Å². The number of rotatable bonds is 2. The van der Waals surface area contributed by atoms with Crippen LogP contribution in [-0.2, 0) is 0 Å². The second kappa shape index (κ2) is 4.28. The van der Waals surface area contributed by atoms with Gasteiger partial charge in [0.25, 0.3) is 5.91 Å². The first kappa shape index (κ1) is 11.2. The minimum Gasteiger partial charge on any atom is -0.351 e. The minimum atomic E-state index is 0.0854. The number of hydrogen-bond acceptors (Lipinski definition) is 1. The van der Waals surface area contributed by atoms with Gasteiger partial charge in [-0.2, -0.15) is 0 Å². The predicted octanol–water partition coefficient (Wildman–Crippen LogP) is 3.05. The number of amides is 1. The topological polar surface area (TPSA) is 29.1 Å². The lowest BCUT2D eigenvalue weighted by Gasteiger charge is -2.25. The van der Waals surface area contributed by atoms with Crippen LogP contribution in [0.4, 0.5) is 0 Å². The SMILES string of the molecule is CC[C@@H]1CNC(=O)c2cc(C(C)C)ccc21. The standard InChI is InChI=1S/C14H19NO/c1-4-10-8-15-14(16)13-7-11(9(2)3)5-6-12(10)13/h5-7,9-10H,4,8H2,1-3H3,(H,15,16)/t10-/m1/s1. The number of nitrogens with one attached hydrogen (secondary N) is 1. The van der Waals surface area contributed by atoms with Gasteiger partial charge in [-0.1, -0.05) is 32.9 Å². The van der Waals surface area contributed by atoms with Crippen molar-refractivity contribution in [2.45, 2.75) is 39.0 Å². The van der Waals surface area contributed by atoms with Crippen molar-refractivity contribution in [2.75, 3.05) is 6.54 Å². The Balaban J connectivity index is 2.47. The Bertz CT molecular complexity index is 409. The van der Waals surface area contributed by atoms with Crippen LogP contribution in [0.1, 0.15) is 60.5 Å². The molecule has 1 amide bonds. The second-order valence-electron chi connectivity index (χ2n) is 4.82. The van der Waals surface area contributed by atoms with Crippen LogP contribution in [0.2, 0.25) is 0 Å². The van der Waals surface area contributed by atoms with E-state index in [4.69, 9.17) is 0 Å². The smallest absolute Gasteiger partial charge is 0.251 e. The molecule has 2 rings (SSSR count). The first-order valence-electron chi connectivity index (χ1n) is 6.05. The molecule has 0 fully saturated rings. The molecule has 0 saturated heterocycles. The van der Waals surface area contributed by atoms with Crippen LogP contribution in [0, 0.1) is 0 Å². The predicted molar refractivity (Wildman–Crippen MR) is 65.9 cm³/mol. The van der Waals surface area contributed by atoms with E-state index in [2.05, 4.69) is 44.3 Å². The van der Waals surface area contributed by atoms with Gasteiger partial charge in [0.15, 0.2) is 0 Å². The molecule has 2 nitrogen and oxygen atoms in total. The average molecular weight is 217 g/mol. The number of carbonyl (C=O) groups is 1. The van der Waals surface area contributed by atoms with Crippen LogP contribution < -0.4 is 5.32 Å². The number of hydrogen-bond donors (Lipinski definition) is 1. The molecule has 0 bridgehead atoms. The molecule has 1 aromatic carbocycles. The normalized spacial score (nSPS) is 19.5. The molecule has 1 heterocycles. The summed E-state index contributed by atoms with van der Waals surface area (Å²) in [7, 11) is 0. The second-order valence-corrected chi connectivity index (χ2v) is 4.82. The Hall–Kier alpha value is -1.31. The van der Waals surface area contributed by atoms with Crippen LogP contribution >= 0.6 is 0 Å². The fourth-order valence-electron chi connectivity index (χ4n) is 2.27. The van der Waals surface area contributed by atoms with Gasteiger partial charge in [-0.15, -0.1) is 0 Å². The molecule has 86 valence electrons. The summed E-state index contributed by atoms with van der Waals surface area (Å²) in [6.07, 6.45) is 1.08. The van der Waals surface area contributed by atoms with Gasteiger partial charge in [0.2, 0.25) is 0 Å². The van der Waals surface area contributed by atoms with Gasteiger partial charge in [-0.3, -0.25) is 4.79 Å². The molecule has 1 aromatic rings. The molecule has 0 unspecified atom stereocenters. The molecule has 0 saturated carbocycles.